The van der Waals surface area contributed by atoms with Crippen molar-refractivity contribution in [2.75, 3.05) is 0 Å². The summed E-state index contributed by atoms with van der Waals surface area (Å²) in [5.74, 6) is -0.121. The molecule has 2 aromatic rings. The molecular formula is C17H14N2O3S. The van der Waals surface area contributed by atoms with Crippen LogP contribution in [0.15, 0.2) is 59.6 Å². The normalized spacial score (nSPS) is 18.9. The molecule has 1 aliphatic rings. The number of rotatable bonds is 4. The minimum absolute atomic E-state index is 0.0656. The van der Waals surface area contributed by atoms with Gasteiger partial charge in [0.1, 0.15) is 5.75 Å². The van der Waals surface area contributed by atoms with Gasteiger partial charge in [-0.05, 0) is 24.3 Å². The molecule has 2 N–H and O–H groups in total. The summed E-state index contributed by atoms with van der Waals surface area (Å²) in [4.78, 5) is 28.5. The van der Waals surface area contributed by atoms with Gasteiger partial charge in [-0.25, -0.2) is 4.99 Å². The smallest absolute Gasteiger partial charge is 0.240 e. The van der Waals surface area contributed by atoms with Crippen LogP contribution in [0.4, 0.5) is 5.69 Å². The molecule has 0 unspecified atom stereocenters. The number of phenols is 1. The number of Topliss-reactive ketones (excluding diaryl/α,β-unsaturated/α-hetero) is 1. The molecule has 0 saturated carbocycles. The molecule has 23 heavy (non-hydrogen) atoms. The Balaban J connectivity index is 1.68. The predicted octanol–water partition coefficient (Wildman–Crippen LogP) is 2.88. The molecule has 6 heteroatoms. The van der Waals surface area contributed by atoms with Gasteiger partial charge in [0.2, 0.25) is 5.91 Å². The highest BCUT2D eigenvalue weighted by Gasteiger charge is 2.32. The van der Waals surface area contributed by atoms with Crippen molar-refractivity contribution in [3.8, 4) is 5.75 Å². The van der Waals surface area contributed by atoms with E-state index in [4.69, 9.17) is 0 Å². The number of carbonyl (C=O) groups excluding carboxylic acids is 2. The highest BCUT2D eigenvalue weighted by Crippen LogP contribution is 2.26. The summed E-state index contributed by atoms with van der Waals surface area (Å²) in [6.45, 7) is 0. The van der Waals surface area contributed by atoms with Crippen molar-refractivity contribution in [1.29, 1.82) is 0 Å². The van der Waals surface area contributed by atoms with Crippen LogP contribution in [-0.4, -0.2) is 27.2 Å². The number of thioether (sulfide) groups is 1. The monoisotopic (exact) mass is 326 g/mol. The lowest BCUT2D eigenvalue weighted by Gasteiger charge is -2.04. The minimum atomic E-state index is -0.474. The highest BCUT2D eigenvalue weighted by atomic mass is 32.2. The van der Waals surface area contributed by atoms with Gasteiger partial charge < -0.3 is 10.4 Å². The van der Waals surface area contributed by atoms with E-state index in [1.807, 2.05) is 6.07 Å². The Labute approximate surface area is 137 Å². The fourth-order valence-electron chi connectivity index (χ4n) is 2.15. The molecule has 0 aromatic heterocycles. The molecule has 1 amide bonds. The number of nitrogens with one attached hydrogen (secondary N) is 1. The molecule has 2 aromatic carbocycles. The van der Waals surface area contributed by atoms with E-state index in [0.717, 1.165) is 0 Å². The molecule has 0 aliphatic carbocycles. The second-order valence-electron chi connectivity index (χ2n) is 5.02. The standard InChI is InChI=1S/C17H14N2O3S/c20-13-8-6-12(7-9-13)18-17-19-16(22)15(23-17)10-14(21)11-4-2-1-3-5-11/h1-9,15,20H,10H2,(H,18,19,22)/t15-/m1/s1. The topological polar surface area (TPSA) is 78.8 Å². The quantitative estimate of drug-likeness (QED) is 0.847. The van der Waals surface area contributed by atoms with E-state index in [1.54, 1.807) is 36.4 Å². The zero-order valence-electron chi connectivity index (χ0n) is 12.1. The average molecular weight is 326 g/mol. The van der Waals surface area contributed by atoms with Crippen molar-refractivity contribution in [2.24, 2.45) is 4.99 Å². The molecule has 116 valence electrons. The summed E-state index contributed by atoms with van der Waals surface area (Å²) < 4.78 is 0. The summed E-state index contributed by atoms with van der Waals surface area (Å²) in [5.41, 5.74) is 1.23. The Bertz CT molecular complexity index is 757. The summed E-state index contributed by atoms with van der Waals surface area (Å²) in [6, 6.07) is 15.3. The summed E-state index contributed by atoms with van der Waals surface area (Å²) in [7, 11) is 0. The molecule has 1 atom stereocenters. The van der Waals surface area contributed by atoms with Gasteiger partial charge >= 0.3 is 0 Å². The predicted molar refractivity (Wildman–Crippen MR) is 90.1 cm³/mol. The largest absolute Gasteiger partial charge is 0.508 e. The number of phenolic OH excluding ortho intramolecular Hbond substituents is 1. The molecule has 0 spiro atoms. The first-order valence-electron chi connectivity index (χ1n) is 7.05. The Morgan fingerprint density at radius 3 is 2.52 bits per heavy atom. The zero-order valence-corrected chi connectivity index (χ0v) is 12.9. The van der Waals surface area contributed by atoms with Gasteiger partial charge in [0, 0.05) is 12.0 Å². The van der Waals surface area contributed by atoms with Gasteiger partial charge in [-0.3, -0.25) is 9.59 Å². The van der Waals surface area contributed by atoms with Crippen LogP contribution >= 0.6 is 11.8 Å². The van der Waals surface area contributed by atoms with Crippen LogP contribution < -0.4 is 5.32 Å². The summed E-state index contributed by atoms with van der Waals surface area (Å²) >= 11 is 1.25. The Hall–Kier alpha value is -2.60. The van der Waals surface area contributed by atoms with Gasteiger partial charge in [0.15, 0.2) is 11.0 Å². The number of amides is 1. The SMILES string of the molecule is O=C(C[C@H]1SC(=Nc2ccc(O)cc2)NC1=O)c1ccccc1. The number of aliphatic imine (C=N–C) groups is 1. The Morgan fingerprint density at radius 1 is 1.13 bits per heavy atom. The van der Waals surface area contributed by atoms with Gasteiger partial charge in [-0.15, -0.1) is 0 Å². The van der Waals surface area contributed by atoms with Crippen LogP contribution in [-0.2, 0) is 4.79 Å². The van der Waals surface area contributed by atoms with Gasteiger partial charge in [-0.2, -0.15) is 0 Å². The number of benzene rings is 2. The third-order valence-corrected chi connectivity index (χ3v) is 4.41. The van der Waals surface area contributed by atoms with Crippen molar-refractivity contribution in [3.05, 3.63) is 60.2 Å². The molecule has 1 saturated heterocycles. The molecule has 0 bridgehead atoms. The van der Waals surface area contributed by atoms with Crippen molar-refractivity contribution < 1.29 is 14.7 Å². The van der Waals surface area contributed by atoms with Gasteiger partial charge in [0.25, 0.3) is 0 Å². The lowest BCUT2D eigenvalue weighted by Crippen LogP contribution is -2.26. The maximum atomic E-state index is 12.2. The molecule has 0 radical (unpaired) electrons. The molecule has 1 heterocycles. The third kappa shape index (κ3) is 3.78. The number of carbonyl (C=O) groups is 2. The number of hydrogen-bond acceptors (Lipinski definition) is 5. The first-order valence-corrected chi connectivity index (χ1v) is 7.93. The van der Waals surface area contributed by atoms with E-state index >= 15 is 0 Å². The molecule has 3 rings (SSSR count). The first kappa shape index (κ1) is 15.3. The van der Waals surface area contributed by atoms with E-state index in [0.29, 0.717) is 16.4 Å². The van der Waals surface area contributed by atoms with E-state index in [2.05, 4.69) is 10.3 Å². The van der Waals surface area contributed by atoms with Crippen LogP contribution in [0, 0.1) is 0 Å². The molecule has 1 fully saturated rings. The van der Waals surface area contributed by atoms with Crippen molar-refractivity contribution in [2.45, 2.75) is 11.7 Å². The van der Waals surface area contributed by atoms with E-state index < -0.39 is 5.25 Å². The van der Waals surface area contributed by atoms with Crippen LogP contribution in [0.3, 0.4) is 0 Å². The Morgan fingerprint density at radius 2 is 1.83 bits per heavy atom. The average Bonchev–Trinajstić information content (AvgIpc) is 2.90. The molecular weight excluding hydrogens is 312 g/mol. The fourth-order valence-corrected chi connectivity index (χ4v) is 3.13. The molecule has 1 aliphatic heterocycles. The number of nitrogens with zero attached hydrogens (tertiary/aromatic N) is 1. The van der Waals surface area contributed by atoms with Gasteiger partial charge in [-0.1, -0.05) is 42.1 Å². The van der Waals surface area contributed by atoms with E-state index in [1.165, 1.54) is 23.9 Å². The number of hydrogen-bond donors (Lipinski definition) is 2. The van der Waals surface area contributed by atoms with Gasteiger partial charge in [0.05, 0.1) is 10.9 Å². The van der Waals surface area contributed by atoms with E-state index in [9.17, 15) is 14.7 Å². The molecule has 5 nitrogen and oxygen atoms in total. The second-order valence-corrected chi connectivity index (χ2v) is 6.21. The second kappa shape index (κ2) is 6.66. The fraction of sp³-hybridized carbons (Fsp3) is 0.118. The summed E-state index contributed by atoms with van der Waals surface area (Å²) in [6.07, 6.45) is 0.134. The van der Waals surface area contributed by atoms with Crippen molar-refractivity contribution in [3.63, 3.8) is 0 Å². The number of ketones is 1. The van der Waals surface area contributed by atoms with Crippen molar-refractivity contribution in [1.82, 2.24) is 5.32 Å². The van der Waals surface area contributed by atoms with E-state index in [-0.39, 0.29) is 23.9 Å². The first-order chi connectivity index (χ1) is 11.1. The van der Waals surface area contributed by atoms with Crippen LogP contribution in [0.1, 0.15) is 16.8 Å². The minimum Gasteiger partial charge on any atom is -0.508 e. The van der Waals surface area contributed by atoms with Crippen molar-refractivity contribution >= 4 is 34.3 Å². The van der Waals surface area contributed by atoms with Crippen LogP contribution in [0.2, 0.25) is 0 Å². The Kier molecular flexibility index (Phi) is 4.43. The van der Waals surface area contributed by atoms with Crippen LogP contribution in [0.25, 0.3) is 0 Å². The maximum Gasteiger partial charge on any atom is 0.240 e. The lowest BCUT2D eigenvalue weighted by molar-refractivity contribution is -0.118. The van der Waals surface area contributed by atoms with Crippen LogP contribution in [0.5, 0.6) is 5.75 Å². The lowest BCUT2D eigenvalue weighted by atomic mass is 10.1. The number of amidine groups is 1. The highest BCUT2D eigenvalue weighted by molar-refractivity contribution is 8.15. The zero-order chi connectivity index (χ0) is 16.2. The third-order valence-electron chi connectivity index (χ3n) is 3.32. The maximum absolute atomic E-state index is 12.2. The number of aromatic hydroxyl groups is 1. The summed E-state index contributed by atoms with van der Waals surface area (Å²) in [5, 5.41) is 11.9.